The molecular weight excluding hydrogens is 506 g/mol. The average Bonchev–Trinajstić information content (AvgIpc) is 3.42. The van der Waals surface area contributed by atoms with E-state index in [0.29, 0.717) is 30.4 Å². The largest absolute Gasteiger partial charge is 0.486 e. The summed E-state index contributed by atoms with van der Waals surface area (Å²) in [5.74, 6) is 0.0659. The molecule has 1 aliphatic heterocycles. The minimum Gasteiger partial charge on any atom is -0.486 e. The average molecular weight is 544 g/mol. The molecule has 2 amide bonds. The van der Waals surface area contributed by atoms with Gasteiger partial charge < -0.3 is 19.7 Å². The Balaban J connectivity index is 1.62. The van der Waals surface area contributed by atoms with E-state index in [4.69, 9.17) is 9.47 Å². The molecule has 9 nitrogen and oxygen atoms in total. The van der Waals surface area contributed by atoms with Gasteiger partial charge in [-0.25, -0.2) is 8.42 Å². The second-order valence-corrected chi connectivity index (χ2v) is 12.1. The van der Waals surface area contributed by atoms with Crippen molar-refractivity contribution in [2.45, 2.75) is 65.1 Å². The summed E-state index contributed by atoms with van der Waals surface area (Å²) in [5, 5.41) is 3.08. The number of benzene rings is 2. The topological polar surface area (TPSA) is 105 Å². The number of nitrogens with one attached hydrogen (secondary N) is 1. The molecule has 206 valence electrons. The number of hydrogen-bond donors (Lipinski definition) is 1. The van der Waals surface area contributed by atoms with Crippen molar-refractivity contribution in [3.8, 4) is 11.5 Å². The van der Waals surface area contributed by atoms with Crippen LogP contribution < -0.4 is 19.1 Å². The van der Waals surface area contributed by atoms with E-state index >= 15 is 0 Å². The van der Waals surface area contributed by atoms with Crippen LogP contribution in [-0.4, -0.2) is 62.7 Å². The van der Waals surface area contributed by atoms with E-state index in [9.17, 15) is 18.0 Å². The van der Waals surface area contributed by atoms with Gasteiger partial charge in [-0.15, -0.1) is 0 Å². The second-order valence-electron chi connectivity index (χ2n) is 9.91. The third kappa shape index (κ3) is 6.59. The molecule has 38 heavy (non-hydrogen) atoms. The smallest absolute Gasteiger partial charge is 0.244 e. The Bertz CT molecular complexity index is 1260. The molecule has 0 bridgehead atoms. The summed E-state index contributed by atoms with van der Waals surface area (Å²) < 4.78 is 38.6. The number of aryl methyl sites for hydroxylation is 1. The van der Waals surface area contributed by atoms with Crippen LogP contribution in [0.5, 0.6) is 11.5 Å². The minimum atomic E-state index is -3.82. The molecule has 0 radical (unpaired) electrons. The van der Waals surface area contributed by atoms with Crippen LogP contribution in [0, 0.1) is 6.92 Å². The molecular formula is C28H37N3O6S. The van der Waals surface area contributed by atoms with Gasteiger partial charge in [0.25, 0.3) is 0 Å². The first-order valence-corrected chi connectivity index (χ1v) is 14.8. The SMILES string of the molecule is CCS(=O)(=O)N(CC(=O)N(Cc1cccc(C)c1)[C@H](C)C(=O)NC1CCCC1)c1ccc2c(c1)OCCO2. The van der Waals surface area contributed by atoms with E-state index in [2.05, 4.69) is 5.32 Å². The number of rotatable bonds is 10. The first-order valence-electron chi connectivity index (χ1n) is 13.2. The molecule has 1 aliphatic carbocycles. The number of sulfonamides is 1. The number of hydrogen-bond acceptors (Lipinski definition) is 6. The molecule has 2 aliphatic rings. The molecule has 4 rings (SSSR count). The highest BCUT2D eigenvalue weighted by Gasteiger charge is 2.32. The molecule has 1 atom stereocenters. The fourth-order valence-electron chi connectivity index (χ4n) is 4.89. The minimum absolute atomic E-state index is 0.107. The van der Waals surface area contributed by atoms with Gasteiger partial charge in [0.15, 0.2) is 11.5 Å². The second kappa shape index (κ2) is 12.1. The summed E-state index contributed by atoms with van der Waals surface area (Å²) in [6, 6.07) is 11.9. The van der Waals surface area contributed by atoms with Crippen LogP contribution in [0.4, 0.5) is 5.69 Å². The molecule has 2 aromatic carbocycles. The molecule has 1 saturated carbocycles. The highest BCUT2D eigenvalue weighted by atomic mass is 32.2. The molecule has 0 saturated heterocycles. The molecule has 0 spiro atoms. The van der Waals surface area contributed by atoms with Gasteiger partial charge in [-0.1, -0.05) is 42.7 Å². The van der Waals surface area contributed by atoms with Crippen molar-refractivity contribution in [1.82, 2.24) is 10.2 Å². The van der Waals surface area contributed by atoms with Gasteiger partial charge in [-0.05, 0) is 51.3 Å². The summed E-state index contributed by atoms with van der Waals surface area (Å²) in [7, 11) is -3.82. The molecule has 1 heterocycles. The predicted octanol–water partition coefficient (Wildman–Crippen LogP) is 3.40. The van der Waals surface area contributed by atoms with Crippen molar-refractivity contribution >= 4 is 27.5 Å². The normalized spacial score (nSPS) is 16.1. The first-order chi connectivity index (χ1) is 18.2. The lowest BCUT2D eigenvalue weighted by molar-refractivity contribution is -0.139. The van der Waals surface area contributed by atoms with Gasteiger partial charge in [-0.3, -0.25) is 13.9 Å². The summed E-state index contributed by atoms with van der Waals surface area (Å²) in [6.07, 6.45) is 4.00. The van der Waals surface area contributed by atoms with Crippen molar-refractivity contribution in [3.05, 3.63) is 53.6 Å². The van der Waals surface area contributed by atoms with Crippen molar-refractivity contribution in [3.63, 3.8) is 0 Å². The molecule has 0 aromatic heterocycles. The monoisotopic (exact) mass is 543 g/mol. The maximum atomic E-state index is 13.8. The van der Waals surface area contributed by atoms with E-state index in [1.807, 2.05) is 31.2 Å². The van der Waals surface area contributed by atoms with Crippen LogP contribution in [0.2, 0.25) is 0 Å². The van der Waals surface area contributed by atoms with Gasteiger partial charge in [-0.2, -0.15) is 0 Å². The number of amides is 2. The van der Waals surface area contributed by atoms with Gasteiger partial charge in [0.05, 0.1) is 11.4 Å². The summed E-state index contributed by atoms with van der Waals surface area (Å²) in [6.45, 7) is 5.70. The Kier molecular flexibility index (Phi) is 8.81. The number of carbonyl (C=O) groups excluding carboxylic acids is 2. The highest BCUT2D eigenvalue weighted by Crippen LogP contribution is 2.35. The maximum absolute atomic E-state index is 13.8. The van der Waals surface area contributed by atoms with Crippen LogP contribution in [0.15, 0.2) is 42.5 Å². The Morgan fingerprint density at radius 2 is 1.76 bits per heavy atom. The lowest BCUT2D eigenvalue weighted by Gasteiger charge is -2.32. The summed E-state index contributed by atoms with van der Waals surface area (Å²) in [5.41, 5.74) is 2.20. The number of fused-ring (bicyclic) bond motifs is 1. The van der Waals surface area contributed by atoms with Gasteiger partial charge in [0.1, 0.15) is 25.8 Å². The number of anilines is 1. The van der Waals surface area contributed by atoms with Crippen LogP contribution in [-0.2, 0) is 26.2 Å². The molecule has 1 N–H and O–H groups in total. The van der Waals surface area contributed by atoms with Crippen molar-refractivity contribution in [2.75, 3.05) is 29.8 Å². The zero-order valence-corrected chi connectivity index (χ0v) is 23.1. The standard InChI is InChI=1S/C28H37N3O6S/c1-4-38(34,35)31(24-12-13-25-26(17-24)37-15-14-36-25)19-27(32)30(18-22-9-7-8-20(2)16-22)21(3)28(33)29-23-10-5-6-11-23/h7-9,12-13,16-17,21,23H,4-6,10-11,14-15,18-19H2,1-3H3,(H,29,33)/t21-/m1/s1. The number of ether oxygens (including phenoxy) is 2. The third-order valence-electron chi connectivity index (χ3n) is 7.10. The first kappa shape index (κ1) is 27.8. The Hall–Kier alpha value is -3.27. The van der Waals surface area contributed by atoms with Crippen LogP contribution in [0.25, 0.3) is 0 Å². The zero-order valence-electron chi connectivity index (χ0n) is 22.3. The Morgan fingerprint density at radius 3 is 2.45 bits per heavy atom. The lowest BCUT2D eigenvalue weighted by Crippen LogP contribution is -2.52. The van der Waals surface area contributed by atoms with Crippen molar-refractivity contribution in [1.29, 1.82) is 0 Å². The molecule has 1 fully saturated rings. The fraction of sp³-hybridized carbons (Fsp3) is 0.500. The fourth-order valence-corrected chi connectivity index (χ4v) is 5.94. The molecule has 0 unspecified atom stereocenters. The van der Waals surface area contributed by atoms with Crippen molar-refractivity contribution in [2.24, 2.45) is 0 Å². The lowest BCUT2D eigenvalue weighted by atomic mass is 10.1. The quantitative estimate of drug-likeness (QED) is 0.493. The van der Waals surface area contributed by atoms with Crippen LogP contribution in [0.1, 0.15) is 50.7 Å². The van der Waals surface area contributed by atoms with Gasteiger partial charge >= 0.3 is 0 Å². The Labute approximate surface area is 225 Å². The maximum Gasteiger partial charge on any atom is 0.244 e. The van der Waals surface area contributed by atoms with Gasteiger partial charge in [0.2, 0.25) is 21.8 Å². The van der Waals surface area contributed by atoms with Gasteiger partial charge in [0, 0.05) is 18.7 Å². The number of nitrogens with zero attached hydrogens (tertiary/aromatic N) is 2. The summed E-state index contributed by atoms with van der Waals surface area (Å²) >= 11 is 0. The zero-order chi connectivity index (χ0) is 27.3. The van der Waals surface area contributed by atoms with Crippen molar-refractivity contribution < 1.29 is 27.5 Å². The van der Waals surface area contributed by atoms with E-state index in [-0.39, 0.29) is 24.2 Å². The molecule has 10 heteroatoms. The van der Waals surface area contributed by atoms with E-state index < -0.39 is 28.5 Å². The van der Waals surface area contributed by atoms with Crippen LogP contribution in [0.3, 0.4) is 0 Å². The highest BCUT2D eigenvalue weighted by molar-refractivity contribution is 7.92. The van der Waals surface area contributed by atoms with E-state index in [0.717, 1.165) is 41.1 Å². The number of carbonyl (C=O) groups is 2. The van der Waals surface area contributed by atoms with Crippen LogP contribution >= 0.6 is 0 Å². The third-order valence-corrected chi connectivity index (χ3v) is 8.84. The predicted molar refractivity (Wildman–Crippen MR) is 146 cm³/mol. The van der Waals surface area contributed by atoms with E-state index in [1.165, 1.54) is 11.8 Å². The van der Waals surface area contributed by atoms with E-state index in [1.54, 1.807) is 25.1 Å². The molecule has 2 aromatic rings. The Morgan fingerprint density at radius 1 is 1.05 bits per heavy atom. The summed E-state index contributed by atoms with van der Waals surface area (Å²) in [4.78, 5) is 28.5.